The molecule has 90 valence electrons. The third-order valence-corrected chi connectivity index (χ3v) is 3.24. The summed E-state index contributed by atoms with van der Waals surface area (Å²) in [6.07, 6.45) is 0.764. The molecular formula is C12H13ClN2O2. The van der Waals surface area contributed by atoms with Gasteiger partial charge in [0, 0.05) is 18.7 Å². The molecule has 1 aliphatic rings. The molecule has 1 aliphatic heterocycles. The number of nitrogens with zero attached hydrogens (tertiary/aromatic N) is 1. The predicted molar refractivity (Wildman–Crippen MR) is 66.7 cm³/mol. The van der Waals surface area contributed by atoms with Crippen LogP contribution in [0.1, 0.15) is 17.3 Å². The molecule has 0 saturated carbocycles. The van der Waals surface area contributed by atoms with E-state index >= 15 is 0 Å². The van der Waals surface area contributed by atoms with Crippen LogP contribution in [0.5, 0.6) is 0 Å². The smallest absolute Gasteiger partial charge is 0.242 e. The topological polar surface area (TPSA) is 49.4 Å². The van der Waals surface area contributed by atoms with Crippen molar-refractivity contribution in [2.75, 3.05) is 18.0 Å². The highest BCUT2D eigenvalue weighted by atomic mass is 35.5. The first kappa shape index (κ1) is 11.9. The number of aldehydes is 1. The van der Waals surface area contributed by atoms with E-state index in [4.69, 9.17) is 11.6 Å². The Kier molecular flexibility index (Phi) is 3.33. The number of rotatable bonds is 2. The van der Waals surface area contributed by atoms with E-state index in [0.29, 0.717) is 29.4 Å². The van der Waals surface area contributed by atoms with E-state index < -0.39 is 0 Å². The third kappa shape index (κ3) is 2.13. The zero-order valence-corrected chi connectivity index (χ0v) is 10.2. The Bertz CT molecular complexity index is 462. The number of hydrogen-bond donors (Lipinski definition) is 1. The molecule has 0 aliphatic carbocycles. The number of carbonyl (C=O) groups excluding carboxylic acids is 2. The van der Waals surface area contributed by atoms with Crippen LogP contribution in [-0.4, -0.2) is 31.3 Å². The largest absolute Gasteiger partial charge is 0.356 e. The minimum atomic E-state index is -0.317. The molecule has 1 aromatic rings. The fourth-order valence-corrected chi connectivity index (χ4v) is 2.31. The molecule has 1 fully saturated rings. The van der Waals surface area contributed by atoms with Gasteiger partial charge in [-0.15, -0.1) is 0 Å². The van der Waals surface area contributed by atoms with E-state index in [2.05, 4.69) is 5.32 Å². The zero-order valence-electron chi connectivity index (χ0n) is 9.44. The summed E-state index contributed by atoms with van der Waals surface area (Å²) in [6, 6.07) is 4.84. The van der Waals surface area contributed by atoms with E-state index in [9.17, 15) is 9.59 Å². The molecule has 0 aromatic heterocycles. The number of para-hydroxylation sites is 1. The van der Waals surface area contributed by atoms with E-state index in [-0.39, 0.29) is 11.9 Å². The Morgan fingerprint density at radius 3 is 3.00 bits per heavy atom. The molecular weight excluding hydrogens is 240 g/mol. The second-order valence-electron chi connectivity index (χ2n) is 3.96. The zero-order chi connectivity index (χ0) is 12.4. The Morgan fingerprint density at radius 2 is 2.29 bits per heavy atom. The molecule has 1 atom stereocenters. The highest BCUT2D eigenvalue weighted by molar-refractivity contribution is 6.34. The van der Waals surface area contributed by atoms with E-state index in [1.54, 1.807) is 25.1 Å². The molecule has 4 nitrogen and oxygen atoms in total. The molecule has 1 amide bonds. The maximum absolute atomic E-state index is 11.6. The number of amides is 1. The summed E-state index contributed by atoms with van der Waals surface area (Å²) in [5, 5.41) is 3.27. The Labute approximate surface area is 105 Å². The van der Waals surface area contributed by atoms with Crippen molar-refractivity contribution in [3.63, 3.8) is 0 Å². The van der Waals surface area contributed by atoms with Gasteiger partial charge in [-0.25, -0.2) is 0 Å². The molecule has 0 bridgehead atoms. The van der Waals surface area contributed by atoms with Crippen molar-refractivity contribution < 1.29 is 9.59 Å². The second-order valence-corrected chi connectivity index (χ2v) is 4.36. The summed E-state index contributed by atoms with van der Waals surface area (Å²) in [6.45, 7) is 3.01. The van der Waals surface area contributed by atoms with Gasteiger partial charge in [0.15, 0.2) is 6.29 Å². The van der Waals surface area contributed by atoms with E-state index in [1.807, 2.05) is 4.90 Å². The lowest BCUT2D eigenvalue weighted by atomic mass is 10.1. The normalized spacial score (nSPS) is 20.0. The number of benzene rings is 1. The van der Waals surface area contributed by atoms with Crippen molar-refractivity contribution in [3.8, 4) is 0 Å². The van der Waals surface area contributed by atoms with Crippen LogP contribution in [0.3, 0.4) is 0 Å². The van der Waals surface area contributed by atoms with Gasteiger partial charge in [0.05, 0.1) is 10.7 Å². The van der Waals surface area contributed by atoms with Crippen molar-refractivity contribution >= 4 is 29.5 Å². The second kappa shape index (κ2) is 4.75. The predicted octanol–water partition coefficient (Wildman–Crippen LogP) is 1.48. The first-order valence-electron chi connectivity index (χ1n) is 5.43. The van der Waals surface area contributed by atoms with Crippen molar-refractivity contribution in [2.24, 2.45) is 0 Å². The Morgan fingerprint density at radius 1 is 1.53 bits per heavy atom. The fraction of sp³-hybridized carbons (Fsp3) is 0.333. The monoisotopic (exact) mass is 252 g/mol. The summed E-state index contributed by atoms with van der Waals surface area (Å²) in [5.74, 6) is -0.0481. The summed E-state index contributed by atoms with van der Waals surface area (Å²) >= 11 is 6.12. The van der Waals surface area contributed by atoms with Gasteiger partial charge in [-0.3, -0.25) is 9.59 Å². The SMILES string of the molecule is CC1C(=O)NCCN1c1c(Cl)cccc1C=O. The molecule has 1 heterocycles. The lowest BCUT2D eigenvalue weighted by Crippen LogP contribution is -2.54. The van der Waals surface area contributed by atoms with Gasteiger partial charge in [0.25, 0.3) is 0 Å². The number of piperazine rings is 1. The number of halogens is 1. The molecule has 1 unspecified atom stereocenters. The van der Waals surface area contributed by atoms with Crippen LogP contribution in [0.2, 0.25) is 5.02 Å². The van der Waals surface area contributed by atoms with Gasteiger partial charge in [0.2, 0.25) is 5.91 Å². The summed E-state index contributed by atoms with van der Waals surface area (Å²) in [7, 11) is 0. The first-order chi connectivity index (χ1) is 8.15. The molecule has 1 aromatic carbocycles. The average Bonchev–Trinajstić information content (AvgIpc) is 2.33. The summed E-state index contributed by atoms with van der Waals surface area (Å²) in [5.41, 5.74) is 1.16. The maximum atomic E-state index is 11.6. The molecule has 0 radical (unpaired) electrons. The van der Waals surface area contributed by atoms with Gasteiger partial charge < -0.3 is 10.2 Å². The van der Waals surface area contributed by atoms with Crippen molar-refractivity contribution in [2.45, 2.75) is 13.0 Å². The van der Waals surface area contributed by atoms with E-state index in [0.717, 1.165) is 6.29 Å². The molecule has 5 heteroatoms. The summed E-state index contributed by atoms with van der Waals surface area (Å²) < 4.78 is 0. The molecule has 2 rings (SSSR count). The van der Waals surface area contributed by atoms with Crippen molar-refractivity contribution in [1.29, 1.82) is 0 Å². The van der Waals surface area contributed by atoms with Crippen molar-refractivity contribution in [1.82, 2.24) is 5.32 Å². The summed E-state index contributed by atoms with van der Waals surface area (Å²) in [4.78, 5) is 24.5. The highest BCUT2D eigenvalue weighted by Gasteiger charge is 2.28. The Hall–Kier alpha value is -1.55. The number of carbonyl (C=O) groups is 2. The van der Waals surface area contributed by atoms with Gasteiger partial charge in [-0.1, -0.05) is 17.7 Å². The van der Waals surface area contributed by atoms with Gasteiger partial charge >= 0.3 is 0 Å². The minimum absolute atomic E-state index is 0.0481. The maximum Gasteiger partial charge on any atom is 0.242 e. The van der Waals surface area contributed by atoms with Gasteiger partial charge in [-0.05, 0) is 19.1 Å². The lowest BCUT2D eigenvalue weighted by Gasteiger charge is -2.35. The van der Waals surface area contributed by atoms with Crippen LogP contribution >= 0.6 is 11.6 Å². The first-order valence-corrected chi connectivity index (χ1v) is 5.81. The number of nitrogens with one attached hydrogen (secondary N) is 1. The fourth-order valence-electron chi connectivity index (χ4n) is 2.02. The van der Waals surface area contributed by atoms with Crippen LogP contribution in [0.25, 0.3) is 0 Å². The molecule has 0 spiro atoms. The standard InChI is InChI=1S/C12H13ClN2O2/c1-8-12(17)14-5-6-15(8)11-9(7-16)3-2-4-10(11)13/h2-4,7-8H,5-6H2,1H3,(H,14,17). The van der Waals surface area contributed by atoms with E-state index in [1.165, 1.54) is 0 Å². The van der Waals surface area contributed by atoms with Crippen LogP contribution in [0.4, 0.5) is 5.69 Å². The van der Waals surface area contributed by atoms with Crippen molar-refractivity contribution in [3.05, 3.63) is 28.8 Å². The number of hydrogen-bond acceptors (Lipinski definition) is 3. The quantitative estimate of drug-likeness (QED) is 0.811. The van der Waals surface area contributed by atoms with Gasteiger partial charge in [0.1, 0.15) is 6.04 Å². The van der Waals surface area contributed by atoms with Crippen LogP contribution in [0, 0.1) is 0 Å². The average molecular weight is 253 g/mol. The van der Waals surface area contributed by atoms with Gasteiger partial charge in [-0.2, -0.15) is 0 Å². The van der Waals surface area contributed by atoms with Crippen LogP contribution < -0.4 is 10.2 Å². The third-order valence-electron chi connectivity index (χ3n) is 2.93. The lowest BCUT2D eigenvalue weighted by molar-refractivity contribution is -0.122. The molecule has 1 N–H and O–H groups in total. The minimum Gasteiger partial charge on any atom is -0.356 e. The Balaban J connectivity index is 2.45. The number of anilines is 1. The highest BCUT2D eigenvalue weighted by Crippen LogP contribution is 2.31. The molecule has 17 heavy (non-hydrogen) atoms. The van der Waals surface area contributed by atoms with Crippen LogP contribution in [0.15, 0.2) is 18.2 Å². The molecule has 1 saturated heterocycles. The van der Waals surface area contributed by atoms with Crippen LogP contribution in [-0.2, 0) is 4.79 Å².